The minimum absolute atomic E-state index is 0.0512. The molecule has 13 heavy (non-hydrogen) atoms. The topological polar surface area (TPSA) is 26.0 Å². The summed E-state index contributed by atoms with van der Waals surface area (Å²) in [6, 6.07) is 0. The highest BCUT2D eigenvalue weighted by Crippen LogP contribution is 2.60. The van der Waals surface area contributed by atoms with Crippen LogP contribution in [0.2, 0.25) is 0 Å². The van der Waals surface area contributed by atoms with Gasteiger partial charge >= 0.3 is 0 Å². The van der Waals surface area contributed by atoms with Crippen molar-refractivity contribution >= 4 is 11.8 Å². The van der Waals surface area contributed by atoms with Gasteiger partial charge in [0, 0.05) is 5.54 Å². The molecule has 1 saturated carbocycles. The van der Waals surface area contributed by atoms with Gasteiger partial charge < -0.3 is 5.73 Å². The van der Waals surface area contributed by atoms with Crippen LogP contribution in [-0.4, -0.2) is 17.0 Å². The van der Waals surface area contributed by atoms with E-state index >= 15 is 0 Å². The van der Waals surface area contributed by atoms with E-state index in [0.29, 0.717) is 5.41 Å². The average Bonchev–Trinajstić information content (AvgIpc) is 2.84. The van der Waals surface area contributed by atoms with Crippen LogP contribution in [0.15, 0.2) is 0 Å². The fourth-order valence-electron chi connectivity index (χ4n) is 2.89. The number of hydrogen-bond acceptors (Lipinski definition) is 2. The lowest BCUT2D eigenvalue weighted by Gasteiger charge is -2.39. The van der Waals surface area contributed by atoms with Crippen LogP contribution in [0, 0.1) is 11.3 Å². The summed E-state index contributed by atoms with van der Waals surface area (Å²) in [5.41, 5.74) is 6.86. The molecule has 2 aliphatic rings. The molecule has 1 unspecified atom stereocenters. The molecular weight excluding hydrogens is 178 g/mol. The van der Waals surface area contributed by atoms with Crippen LogP contribution in [0.4, 0.5) is 0 Å². The molecule has 0 bridgehead atoms. The molecular formula is C11H21NS. The maximum absolute atomic E-state index is 6.30. The second kappa shape index (κ2) is 3.16. The first-order valence-electron chi connectivity index (χ1n) is 5.43. The van der Waals surface area contributed by atoms with Gasteiger partial charge in [0.15, 0.2) is 0 Å². The monoisotopic (exact) mass is 199 g/mol. The van der Waals surface area contributed by atoms with E-state index in [1.54, 1.807) is 0 Å². The Bertz CT molecular complexity index is 185. The Morgan fingerprint density at radius 2 is 2.08 bits per heavy atom. The molecule has 0 aromatic rings. The van der Waals surface area contributed by atoms with Crippen molar-refractivity contribution in [3.63, 3.8) is 0 Å². The van der Waals surface area contributed by atoms with Crippen LogP contribution in [0.5, 0.6) is 0 Å². The predicted molar refractivity (Wildman–Crippen MR) is 60.0 cm³/mol. The van der Waals surface area contributed by atoms with E-state index < -0.39 is 0 Å². The third-order valence-electron chi connectivity index (χ3n) is 4.01. The van der Waals surface area contributed by atoms with E-state index in [1.165, 1.54) is 37.2 Å². The molecule has 1 aliphatic carbocycles. The van der Waals surface area contributed by atoms with Crippen molar-refractivity contribution in [2.45, 2.75) is 45.1 Å². The van der Waals surface area contributed by atoms with Crippen molar-refractivity contribution < 1.29 is 0 Å². The Morgan fingerprint density at radius 3 is 2.46 bits per heavy atom. The van der Waals surface area contributed by atoms with Crippen LogP contribution in [0.25, 0.3) is 0 Å². The van der Waals surface area contributed by atoms with E-state index in [0.717, 1.165) is 5.92 Å². The highest BCUT2D eigenvalue weighted by atomic mass is 32.2. The van der Waals surface area contributed by atoms with Crippen LogP contribution in [-0.2, 0) is 0 Å². The molecule has 0 aromatic heterocycles. The van der Waals surface area contributed by atoms with Gasteiger partial charge in [-0.1, -0.05) is 0 Å². The van der Waals surface area contributed by atoms with E-state index in [-0.39, 0.29) is 5.54 Å². The van der Waals surface area contributed by atoms with Gasteiger partial charge in [0.1, 0.15) is 0 Å². The number of nitrogens with two attached hydrogens (primary N) is 1. The van der Waals surface area contributed by atoms with Gasteiger partial charge in [0.2, 0.25) is 0 Å². The molecule has 76 valence electrons. The average molecular weight is 199 g/mol. The molecule has 1 saturated heterocycles. The Hall–Kier alpha value is 0.310. The zero-order chi connectivity index (χ0) is 9.53. The molecule has 0 amide bonds. The predicted octanol–water partition coefficient (Wildman–Crippen LogP) is 2.65. The summed E-state index contributed by atoms with van der Waals surface area (Å²) in [6.45, 7) is 4.44. The Morgan fingerprint density at radius 1 is 1.38 bits per heavy atom. The van der Waals surface area contributed by atoms with Gasteiger partial charge in [0.25, 0.3) is 0 Å². The first kappa shape index (κ1) is 9.85. The number of rotatable bonds is 2. The van der Waals surface area contributed by atoms with Crippen LogP contribution in [0.3, 0.4) is 0 Å². The Balaban J connectivity index is 2.06. The van der Waals surface area contributed by atoms with Gasteiger partial charge in [-0.15, -0.1) is 0 Å². The largest absolute Gasteiger partial charge is 0.325 e. The summed E-state index contributed by atoms with van der Waals surface area (Å²) in [7, 11) is 0. The van der Waals surface area contributed by atoms with E-state index in [1.807, 2.05) is 0 Å². The number of hydrogen-bond donors (Lipinski definition) is 1. The summed E-state index contributed by atoms with van der Waals surface area (Å²) in [4.78, 5) is 0. The van der Waals surface area contributed by atoms with Crippen molar-refractivity contribution in [3.05, 3.63) is 0 Å². The maximum Gasteiger partial charge on any atom is 0.0157 e. The third kappa shape index (κ3) is 1.63. The van der Waals surface area contributed by atoms with Gasteiger partial charge in [-0.05, 0) is 62.4 Å². The zero-order valence-electron chi connectivity index (χ0n) is 8.81. The fraction of sp³-hybridized carbons (Fsp3) is 1.00. The second-order valence-corrected chi connectivity index (χ2v) is 6.44. The third-order valence-corrected chi connectivity index (χ3v) is 5.23. The summed E-state index contributed by atoms with van der Waals surface area (Å²) in [6.07, 6.45) is 5.59. The van der Waals surface area contributed by atoms with Crippen molar-refractivity contribution in [3.8, 4) is 0 Å². The molecule has 1 nitrogen and oxygen atoms in total. The highest BCUT2D eigenvalue weighted by molar-refractivity contribution is 7.99. The molecule has 1 aliphatic heterocycles. The Labute approximate surface area is 85.8 Å². The molecule has 1 heterocycles. The lowest BCUT2D eigenvalue weighted by molar-refractivity contribution is 0.193. The van der Waals surface area contributed by atoms with Gasteiger partial charge in [-0.2, -0.15) is 11.8 Å². The molecule has 0 spiro atoms. The summed E-state index contributed by atoms with van der Waals surface area (Å²) in [5, 5.41) is 0. The quantitative estimate of drug-likeness (QED) is 0.740. The summed E-state index contributed by atoms with van der Waals surface area (Å²) in [5.74, 6) is 3.64. The standard InChI is InChI=1S/C11H21NS/c1-10(2,12)11(5-6-11)9-4-3-7-13-8-9/h9H,3-8,12H2,1-2H3. The van der Waals surface area contributed by atoms with Crippen molar-refractivity contribution in [2.24, 2.45) is 17.1 Å². The van der Waals surface area contributed by atoms with E-state index in [2.05, 4.69) is 25.6 Å². The Kier molecular flexibility index (Phi) is 2.40. The number of thioether (sulfide) groups is 1. The fourth-order valence-corrected chi connectivity index (χ4v) is 4.20. The van der Waals surface area contributed by atoms with Gasteiger partial charge in [-0.25, -0.2) is 0 Å². The van der Waals surface area contributed by atoms with E-state index in [4.69, 9.17) is 5.73 Å². The second-order valence-electron chi connectivity index (χ2n) is 5.29. The van der Waals surface area contributed by atoms with Crippen molar-refractivity contribution in [1.29, 1.82) is 0 Å². The first-order chi connectivity index (χ1) is 6.06. The lowest BCUT2D eigenvalue weighted by atomic mass is 9.74. The molecule has 2 rings (SSSR count). The molecule has 0 aromatic carbocycles. The van der Waals surface area contributed by atoms with Gasteiger partial charge in [0.05, 0.1) is 0 Å². The molecule has 2 heteroatoms. The van der Waals surface area contributed by atoms with Gasteiger partial charge in [-0.3, -0.25) is 0 Å². The first-order valence-corrected chi connectivity index (χ1v) is 6.58. The SMILES string of the molecule is CC(C)(N)C1(C2CCCSC2)CC1. The summed E-state index contributed by atoms with van der Waals surface area (Å²) < 4.78 is 0. The smallest absolute Gasteiger partial charge is 0.0157 e. The molecule has 1 atom stereocenters. The minimum atomic E-state index is 0.0512. The van der Waals surface area contributed by atoms with Crippen LogP contribution in [0.1, 0.15) is 39.5 Å². The zero-order valence-corrected chi connectivity index (χ0v) is 9.62. The van der Waals surface area contributed by atoms with E-state index in [9.17, 15) is 0 Å². The maximum atomic E-state index is 6.30. The molecule has 0 radical (unpaired) electrons. The minimum Gasteiger partial charge on any atom is -0.325 e. The highest BCUT2D eigenvalue weighted by Gasteiger charge is 2.56. The van der Waals surface area contributed by atoms with Crippen molar-refractivity contribution in [1.82, 2.24) is 0 Å². The van der Waals surface area contributed by atoms with Crippen molar-refractivity contribution in [2.75, 3.05) is 11.5 Å². The van der Waals surface area contributed by atoms with Crippen LogP contribution >= 0.6 is 11.8 Å². The molecule has 2 N–H and O–H groups in total. The normalized spacial score (nSPS) is 33.0. The lowest BCUT2D eigenvalue weighted by Crippen LogP contribution is -2.47. The molecule has 2 fully saturated rings. The van der Waals surface area contributed by atoms with Crippen LogP contribution < -0.4 is 5.73 Å². The summed E-state index contributed by atoms with van der Waals surface area (Å²) >= 11 is 2.13.